The average Bonchev–Trinajstić information content (AvgIpc) is 2.21. The van der Waals surface area contributed by atoms with Crippen LogP contribution in [0.4, 0.5) is 4.39 Å². The summed E-state index contributed by atoms with van der Waals surface area (Å²) in [4.78, 5) is 11.7. The van der Waals surface area contributed by atoms with Gasteiger partial charge in [-0.25, -0.2) is 4.39 Å². The average molecular weight is 229 g/mol. The van der Waals surface area contributed by atoms with E-state index >= 15 is 0 Å². The maximum Gasteiger partial charge on any atom is 0.163 e. The number of hydrogen-bond acceptors (Lipinski definition) is 1. The van der Waals surface area contributed by atoms with E-state index in [1.54, 1.807) is 6.07 Å². The van der Waals surface area contributed by atoms with Gasteiger partial charge in [0.05, 0.1) is 5.02 Å². The molecule has 0 heterocycles. The van der Waals surface area contributed by atoms with Gasteiger partial charge in [-0.1, -0.05) is 31.9 Å². The molecule has 1 unspecified atom stereocenters. The Balaban J connectivity index is 2.78. The van der Waals surface area contributed by atoms with Crippen molar-refractivity contribution in [3.05, 3.63) is 34.6 Å². The first-order chi connectivity index (χ1) is 7.04. The molecule has 0 spiro atoms. The fourth-order valence-electron chi connectivity index (χ4n) is 1.25. The topological polar surface area (TPSA) is 17.1 Å². The summed E-state index contributed by atoms with van der Waals surface area (Å²) in [6.45, 7) is 4.03. The van der Waals surface area contributed by atoms with Crippen LogP contribution in [-0.4, -0.2) is 5.78 Å². The van der Waals surface area contributed by atoms with Crippen LogP contribution in [-0.2, 0) is 0 Å². The Kier molecular flexibility index (Phi) is 4.28. The second kappa shape index (κ2) is 5.26. The van der Waals surface area contributed by atoms with Gasteiger partial charge in [-0.3, -0.25) is 4.79 Å². The van der Waals surface area contributed by atoms with Crippen LogP contribution in [0.15, 0.2) is 18.2 Å². The van der Waals surface area contributed by atoms with Crippen molar-refractivity contribution in [2.24, 2.45) is 5.92 Å². The Bertz CT molecular complexity index is 363. The molecule has 0 aliphatic heterocycles. The molecule has 0 aliphatic rings. The van der Waals surface area contributed by atoms with Gasteiger partial charge in [-0.15, -0.1) is 0 Å². The fourth-order valence-corrected chi connectivity index (χ4v) is 1.37. The van der Waals surface area contributed by atoms with E-state index in [9.17, 15) is 9.18 Å². The first-order valence-corrected chi connectivity index (χ1v) is 5.40. The predicted molar refractivity (Wildman–Crippen MR) is 59.8 cm³/mol. The van der Waals surface area contributed by atoms with Gasteiger partial charge in [0.2, 0.25) is 0 Å². The van der Waals surface area contributed by atoms with Crippen molar-refractivity contribution in [1.29, 1.82) is 0 Å². The minimum atomic E-state index is -0.535. The summed E-state index contributed by atoms with van der Waals surface area (Å²) in [5.41, 5.74) is 0.400. The molecule has 15 heavy (non-hydrogen) atoms. The van der Waals surface area contributed by atoms with Gasteiger partial charge >= 0.3 is 0 Å². The number of benzene rings is 1. The first kappa shape index (κ1) is 12.2. The lowest BCUT2D eigenvalue weighted by molar-refractivity contribution is 0.0963. The van der Waals surface area contributed by atoms with Crippen molar-refractivity contribution >= 4 is 17.4 Å². The molecule has 0 amide bonds. The van der Waals surface area contributed by atoms with Crippen LogP contribution in [0, 0.1) is 11.7 Å². The SMILES string of the molecule is CCC(C)CC(=O)c1ccc(Cl)c(F)c1. The van der Waals surface area contributed by atoms with Crippen LogP contribution in [0.25, 0.3) is 0 Å². The fraction of sp³-hybridized carbons (Fsp3) is 0.417. The Morgan fingerprint density at radius 3 is 2.73 bits per heavy atom. The van der Waals surface area contributed by atoms with Crippen molar-refractivity contribution < 1.29 is 9.18 Å². The van der Waals surface area contributed by atoms with E-state index in [1.807, 2.05) is 13.8 Å². The summed E-state index contributed by atoms with van der Waals surface area (Å²) in [5, 5.41) is 0.0510. The zero-order valence-electron chi connectivity index (χ0n) is 8.89. The molecule has 0 fully saturated rings. The van der Waals surface area contributed by atoms with Gasteiger partial charge in [-0.2, -0.15) is 0 Å². The number of rotatable bonds is 4. The summed E-state index contributed by atoms with van der Waals surface area (Å²) in [6, 6.07) is 4.18. The number of carbonyl (C=O) groups excluding carboxylic acids is 1. The molecule has 1 nitrogen and oxygen atoms in total. The van der Waals surface area contributed by atoms with E-state index in [0.29, 0.717) is 17.9 Å². The number of hydrogen-bond donors (Lipinski definition) is 0. The molecule has 0 saturated carbocycles. The molecule has 1 aromatic rings. The lowest BCUT2D eigenvalue weighted by Crippen LogP contribution is -2.05. The Morgan fingerprint density at radius 2 is 2.20 bits per heavy atom. The third-order valence-corrected chi connectivity index (χ3v) is 2.78. The quantitative estimate of drug-likeness (QED) is 0.710. The summed E-state index contributed by atoms with van der Waals surface area (Å²) >= 11 is 5.53. The molecule has 1 atom stereocenters. The maximum atomic E-state index is 13.1. The van der Waals surface area contributed by atoms with E-state index < -0.39 is 5.82 Å². The van der Waals surface area contributed by atoms with Crippen molar-refractivity contribution in [3.8, 4) is 0 Å². The molecule has 0 aromatic heterocycles. The third kappa shape index (κ3) is 3.31. The highest BCUT2D eigenvalue weighted by Crippen LogP contribution is 2.18. The van der Waals surface area contributed by atoms with Crippen molar-refractivity contribution in [3.63, 3.8) is 0 Å². The zero-order chi connectivity index (χ0) is 11.4. The largest absolute Gasteiger partial charge is 0.294 e. The molecule has 1 aromatic carbocycles. The van der Waals surface area contributed by atoms with Gasteiger partial charge in [0, 0.05) is 12.0 Å². The van der Waals surface area contributed by atoms with E-state index in [4.69, 9.17) is 11.6 Å². The standard InChI is InChI=1S/C12H14ClFO/c1-3-8(2)6-12(15)9-4-5-10(13)11(14)7-9/h4-5,7-8H,3,6H2,1-2H3. The summed E-state index contributed by atoms with van der Waals surface area (Å²) in [5.74, 6) is -0.233. The third-order valence-electron chi connectivity index (χ3n) is 2.47. The van der Waals surface area contributed by atoms with Crippen molar-refractivity contribution in [2.75, 3.05) is 0 Å². The predicted octanol–water partition coefficient (Wildman–Crippen LogP) is 4.10. The van der Waals surface area contributed by atoms with Gasteiger partial charge in [0.25, 0.3) is 0 Å². The Morgan fingerprint density at radius 1 is 1.53 bits per heavy atom. The van der Waals surface area contributed by atoms with E-state index in [1.165, 1.54) is 12.1 Å². The molecule has 0 N–H and O–H groups in total. The Labute approximate surface area is 94.3 Å². The second-order valence-corrected chi connectivity index (χ2v) is 4.18. The van der Waals surface area contributed by atoms with Crippen LogP contribution >= 0.6 is 11.6 Å². The van der Waals surface area contributed by atoms with E-state index in [-0.39, 0.29) is 10.8 Å². The van der Waals surface area contributed by atoms with Crippen LogP contribution in [0.2, 0.25) is 5.02 Å². The van der Waals surface area contributed by atoms with Gasteiger partial charge < -0.3 is 0 Å². The number of halogens is 2. The summed E-state index contributed by atoms with van der Waals surface area (Å²) < 4.78 is 13.1. The van der Waals surface area contributed by atoms with Gasteiger partial charge in [0.15, 0.2) is 5.78 Å². The molecule has 1 rings (SSSR count). The molecule has 0 saturated heterocycles. The van der Waals surface area contributed by atoms with E-state index in [0.717, 1.165) is 6.42 Å². The van der Waals surface area contributed by atoms with Crippen LogP contribution in [0.1, 0.15) is 37.0 Å². The van der Waals surface area contributed by atoms with Crippen LogP contribution < -0.4 is 0 Å². The number of Topliss-reactive ketones (excluding diaryl/α,β-unsaturated/α-hetero) is 1. The molecule has 0 radical (unpaired) electrons. The zero-order valence-corrected chi connectivity index (χ0v) is 9.64. The minimum Gasteiger partial charge on any atom is -0.294 e. The van der Waals surface area contributed by atoms with Crippen LogP contribution in [0.3, 0.4) is 0 Å². The molecule has 0 bridgehead atoms. The molecular weight excluding hydrogens is 215 g/mol. The Hall–Kier alpha value is -0.890. The summed E-state index contributed by atoms with van der Waals surface area (Å²) in [6.07, 6.45) is 1.40. The van der Waals surface area contributed by atoms with Gasteiger partial charge in [-0.05, 0) is 24.1 Å². The van der Waals surface area contributed by atoms with E-state index in [2.05, 4.69) is 0 Å². The molecular formula is C12H14ClFO. The smallest absolute Gasteiger partial charge is 0.163 e. The number of ketones is 1. The highest BCUT2D eigenvalue weighted by Gasteiger charge is 2.11. The van der Waals surface area contributed by atoms with Crippen LogP contribution in [0.5, 0.6) is 0 Å². The molecule has 82 valence electrons. The molecule has 0 aliphatic carbocycles. The minimum absolute atomic E-state index is 0.0279. The van der Waals surface area contributed by atoms with Crippen molar-refractivity contribution in [2.45, 2.75) is 26.7 Å². The maximum absolute atomic E-state index is 13.1. The molecule has 3 heteroatoms. The second-order valence-electron chi connectivity index (χ2n) is 3.77. The summed E-state index contributed by atoms with van der Waals surface area (Å²) in [7, 11) is 0. The van der Waals surface area contributed by atoms with Crippen molar-refractivity contribution in [1.82, 2.24) is 0 Å². The lowest BCUT2D eigenvalue weighted by Gasteiger charge is -2.07. The first-order valence-electron chi connectivity index (χ1n) is 5.02. The highest BCUT2D eigenvalue weighted by atomic mass is 35.5. The lowest BCUT2D eigenvalue weighted by atomic mass is 9.98. The van der Waals surface area contributed by atoms with Gasteiger partial charge in [0.1, 0.15) is 5.82 Å². The highest BCUT2D eigenvalue weighted by molar-refractivity contribution is 6.30. The number of carbonyl (C=O) groups is 1. The monoisotopic (exact) mass is 228 g/mol. The normalized spacial score (nSPS) is 12.5.